The highest BCUT2D eigenvalue weighted by Gasteiger charge is 1.95. The first kappa shape index (κ1) is 8.69. The zero-order valence-electron chi connectivity index (χ0n) is 7.94. The van der Waals surface area contributed by atoms with Gasteiger partial charge in [0.05, 0.1) is 11.9 Å². The molecule has 0 atom stereocenters. The van der Waals surface area contributed by atoms with E-state index in [9.17, 15) is 0 Å². The first-order chi connectivity index (χ1) is 6.77. The Bertz CT molecular complexity index is 482. The van der Waals surface area contributed by atoms with Crippen LogP contribution in [0.5, 0.6) is 0 Å². The molecule has 0 aliphatic rings. The van der Waals surface area contributed by atoms with Crippen LogP contribution >= 0.6 is 0 Å². The minimum absolute atomic E-state index is 0.457. The van der Waals surface area contributed by atoms with Crippen LogP contribution in [0.3, 0.4) is 0 Å². The van der Waals surface area contributed by atoms with Crippen molar-refractivity contribution in [2.75, 3.05) is 0 Å². The Morgan fingerprint density at radius 1 is 1.21 bits per heavy atom. The van der Waals surface area contributed by atoms with Gasteiger partial charge in [-0.05, 0) is 31.2 Å². The fourth-order valence-corrected chi connectivity index (χ4v) is 1.27. The van der Waals surface area contributed by atoms with Crippen molar-refractivity contribution in [2.45, 2.75) is 6.92 Å². The van der Waals surface area contributed by atoms with Gasteiger partial charge in [0.1, 0.15) is 5.49 Å². The van der Waals surface area contributed by atoms with E-state index >= 15 is 0 Å². The highest BCUT2D eigenvalue weighted by Crippen LogP contribution is 2.02. The molecule has 2 aromatic heterocycles. The predicted molar refractivity (Wildman–Crippen MR) is 54.2 cm³/mol. The van der Waals surface area contributed by atoms with Crippen LogP contribution in [-0.4, -0.2) is 9.55 Å². The largest absolute Gasteiger partial charge is 0.301 e. The van der Waals surface area contributed by atoms with E-state index < -0.39 is 0 Å². The number of nitrogens with zero attached hydrogens (tertiary/aromatic N) is 2. The van der Waals surface area contributed by atoms with Crippen LogP contribution in [0, 0.1) is 12.3 Å². The lowest BCUT2D eigenvalue weighted by Crippen LogP contribution is -2.15. The third kappa shape index (κ3) is 1.57. The molecule has 2 rings (SSSR count). The van der Waals surface area contributed by atoms with Gasteiger partial charge in [0.15, 0.2) is 0 Å². The third-order valence-electron chi connectivity index (χ3n) is 2.03. The molecule has 2 heterocycles. The van der Waals surface area contributed by atoms with Gasteiger partial charge in [-0.15, -0.1) is 0 Å². The predicted octanol–water partition coefficient (Wildman–Crippen LogP) is 1.66. The lowest BCUT2D eigenvalue weighted by atomic mass is 10.3. The molecule has 0 spiro atoms. The molecule has 2 aromatic rings. The van der Waals surface area contributed by atoms with Gasteiger partial charge in [-0.25, -0.2) is 0 Å². The maximum absolute atomic E-state index is 7.70. The molecule has 0 aromatic carbocycles. The second kappa shape index (κ2) is 3.46. The average molecular weight is 185 g/mol. The molecule has 3 nitrogen and oxygen atoms in total. The van der Waals surface area contributed by atoms with Crippen LogP contribution in [0.1, 0.15) is 5.69 Å². The Morgan fingerprint density at radius 2 is 2.07 bits per heavy atom. The van der Waals surface area contributed by atoms with Crippen molar-refractivity contribution >= 4 is 0 Å². The van der Waals surface area contributed by atoms with E-state index in [0.29, 0.717) is 5.49 Å². The molecular formula is C11H11N3. The van der Waals surface area contributed by atoms with E-state index in [0.717, 1.165) is 11.4 Å². The van der Waals surface area contributed by atoms with Gasteiger partial charge in [0.2, 0.25) is 0 Å². The standard InChI is InChI=1S/C11H11N3/c1-9-5-6-10(8-13-9)14-7-3-2-4-11(14)12/h2-8,12H,1H3. The molecule has 3 heteroatoms. The highest BCUT2D eigenvalue weighted by molar-refractivity contribution is 5.29. The number of rotatable bonds is 1. The summed E-state index contributed by atoms with van der Waals surface area (Å²) < 4.78 is 1.78. The SMILES string of the molecule is Cc1ccc(-n2ccccc2=N)cn1. The third-order valence-corrected chi connectivity index (χ3v) is 2.03. The molecule has 0 saturated heterocycles. The lowest BCUT2D eigenvalue weighted by molar-refractivity contribution is 0.915. The maximum atomic E-state index is 7.70. The van der Waals surface area contributed by atoms with Gasteiger partial charge in [-0.1, -0.05) is 6.07 Å². The van der Waals surface area contributed by atoms with E-state index in [2.05, 4.69) is 4.98 Å². The molecule has 0 aliphatic carbocycles. The minimum Gasteiger partial charge on any atom is -0.301 e. The molecule has 14 heavy (non-hydrogen) atoms. The molecule has 0 saturated carbocycles. The van der Waals surface area contributed by atoms with Crippen LogP contribution in [0.4, 0.5) is 0 Å². The smallest absolute Gasteiger partial charge is 0.129 e. The first-order valence-electron chi connectivity index (χ1n) is 4.43. The zero-order valence-corrected chi connectivity index (χ0v) is 7.94. The van der Waals surface area contributed by atoms with Crippen molar-refractivity contribution in [1.29, 1.82) is 5.41 Å². The molecular weight excluding hydrogens is 174 g/mol. The Hall–Kier alpha value is -1.90. The zero-order chi connectivity index (χ0) is 9.97. The molecule has 0 unspecified atom stereocenters. The van der Waals surface area contributed by atoms with Crippen LogP contribution in [0.25, 0.3) is 5.69 Å². The monoisotopic (exact) mass is 185 g/mol. The molecule has 0 radical (unpaired) electrons. The van der Waals surface area contributed by atoms with Crippen molar-refractivity contribution < 1.29 is 0 Å². The number of pyridine rings is 2. The highest BCUT2D eigenvalue weighted by atomic mass is 15.0. The number of aryl methyl sites for hydroxylation is 1. The molecule has 0 fully saturated rings. The Balaban J connectivity index is 2.56. The summed E-state index contributed by atoms with van der Waals surface area (Å²) in [5, 5.41) is 7.70. The fraction of sp³-hybridized carbons (Fsp3) is 0.0909. The van der Waals surface area contributed by atoms with E-state index in [1.165, 1.54) is 0 Å². The summed E-state index contributed by atoms with van der Waals surface area (Å²) in [7, 11) is 0. The molecule has 1 N–H and O–H groups in total. The van der Waals surface area contributed by atoms with Crippen molar-refractivity contribution in [3.63, 3.8) is 0 Å². The van der Waals surface area contributed by atoms with Gasteiger partial charge in [0, 0.05) is 11.9 Å². The number of nitrogens with one attached hydrogen (secondary N) is 1. The quantitative estimate of drug-likeness (QED) is 0.721. The summed E-state index contributed by atoms with van der Waals surface area (Å²) in [6.45, 7) is 1.95. The first-order valence-corrected chi connectivity index (χ1v) is 4.43. The Morgan fingerprint density at radius 3 is 2.71 bits per heavy atom. The lowest BCUT2D eigenvalue weighted by Gasteiger charge is -2.05. The van der Waals surface area contributed by atoms with E-state index in [4.69, 9.17) is 5.41 Å². The van der Waals surface area contributed by atoms with Crippen molar-refractivity contribution in [3.8, 4) is 5.69 Å². The minimum atomic E-state index is 0.457. The van der Waals surface area contributed by atoms with Gasteiger partial charge in [0.25, 0.3) is 0 Å². The Kier molecular flexibility index (Phi) is 2.14. The number of aromatic nitrogens is 2. The van der Waals surface area contributed by atoms with Crippen LogP contribution in [0.15, 0.2) is 42.7 Å². The molecule has 0 aliphatic heterocycles. The average Bonchev–Trinajstić information content (AvgIpc) is 2.20. The molecule has 0 amide bonds. The summed E-state index contributed by atoms with van der Waals surface area (Å²) in [6, 6.07) is 9.40. The van der Waals surface area contributed by atoms with Crippen molar-refractivity contribution in [2.24, 2.45) is 0 Å². The number of hydrogen-bond acceptors (Lipinski definition) is 2. The summed E-state index contributed by atoms with van der Waals surface area (Å²) >= 11 is 0. The summed E-state index contributed by atoms with van der Waals surface area (Å²) in [5.74, 6) is 0. The van der Waals surface area contributed by atoms with Gasteiger partial charge < -0.3 is 4.57 Å². The normalized spacial score (nSPS) is 10.1. The second-order valence-corrected chi connectivity index (χ2v) is 3.11. The van der Waals surface area contributed by atoms with Crippen LogP contribution in [0.2, 0.25) is 0 Å². The van der Waals surface area contributed by atoms with E-state index in [1.54, 1.807) is 16.8 Å². The van der Waals surface area contributed by atoms with Crippen molar-refractivity contribution in [3.05, 3.63) is 53.9 Å². The summed E-state index contributed by atoms with van der Waals surface area (Å²) in [6.07, 6.45) is 3.63. The summed E-state index contributed by atoms with van der Waals surface area (Å²) in [5.41, 5.74) is 2.36. The van der Waals surface area contributed by atoms with Crippen LogP contribution < -0.4 is 5.49 Å². The van der Waals surface area contributed by atoms with Crippen LogP contribution in [-0.2, 0) is 0 Å². The van der Waals surface area contributed by atoms with Gasteiger partial charge in [-0.3, -0.25) is 10.4 Å². The second-order valence-electron chi connectivity index (χ2n) is 3.11. The van der Waals surface area contributed by atoms with Crippen molar-refractivity contribution in [1.82, 2.24) is 9.55 Å². The Labute approximate surface area is 82.2 Å². The van der Waals surface area contributed by atoms with E-state index in [-0.39, 0.29) is 0 Å². The number of hydrogen-bond donors (Lipinski definition) is 1. The molecule has 0 bridgehead atoms. The molecule has 70 valence electrons. The van der Waals surface area contributed by atoms with Gasteiger partial charge in [-0.2, -0.15) is 0 Å². The van der Waals surface area contributed by atoms with E-state index in [1.807, 2.05) is 37.4 Å². The maximum Gasteiger partial charge on any atom is 0.129 e. The fourth-order valence-electron chi connectivity index (χ4n) is 1.27. The topological polar surface area (TPSA) is 41.7 Å². The van der Waals surface area contributed by atoms with Gasteiger partial charge >= 0.3 is 0 Å². The summed E-state index contributed by atoms with van der Waals surface area (Å²) in [4.78, 5) is 4.19.